The number of esters is 1. The molecule has 0 saturated heterocycles. The second-order valence-electron chi connectivity index (χ2n) is 6.27. The van der Waals surface area contributed by atoms with Gasteiger partial charge in [0, 0.05) is 16.1 Å². The number of ether oxygens (including phenoxy) is 1. The highest BCUT2D eigenvalue weighted by Gasteiger charge is 2.24. The molecule has 144 valence electrons. The Balaban J connectivity index is 1.92. The Bertz CT molecular complexity index is 980. The third kappa shape index (κ3) is 4.58. The molecule has 0 radical (unpaired) electrons. The van der Waals surface area contributed by atoms with E-state index in [9.17, 15) is 4.79 Å². The normalized spacial score (nSPS) is 10.4. The fraction of sp³-hybridized carbons (Fsp3) is 0.182. The zero-order valence-electron chi connectivity index (χ0n) is 16.0. The van der Waals surface area contributed by atoms with E-state index in [0.29, 0.717) is 22.3 Å². The van der Waals surface area contributed by atoms with Gasteiger partial charge >= 0.3 is 5.97 Å². The number of anilines is 2. The van der Waals surface area contributed by atoms with Crippen molar-refractivity contribution in [3.63, 3.8) is 0 Å². The molecule has 0 aliphatic rings. The van der Waals surface area contributed by atoms with Gasteiger partial charge in [0.1, 0.15) is 10.6 Å². The Morgan fingerprint density at radius 3 is 2.36 bits per heavy atom. The fourth-order valence-corrected chi connectivity index (χ4v) is 4.24. The quantitative estimate of drug-likeness (QED) is 0.398. The maximum atomic E-state index is 12.7. The van der Waals surface area contributed by atoms with Gasteiger partial charge in [0.25, 0.3) is 0 Å². The monoisotopic (exact) mass is 410 g/mol. The van der Waals surface area contributed by atoms with Crippen LogP contribution in [0.1, 0.15) is 27.7 Å². The Labute approximate surface area is 174 Å². The van der Waals surface area contributed by atoms with E-state index in [1.165, 1.54) is 16.9 Å². The third-order valence-electron chi connectivity index (χ3n) is 4.16. The standard InChI is InChI=1S/C22H22N2O2S2/c1-4-26-21(25)19-18(16-8-6-5-7-9-16)15(3)28-20(19)24-22(27)23-17-12-10-14(2)11-13-17/h5-13H,4H2,1-3H3,(H2,23,24,27). The molecule has 0 saturated carbocycles. The smallest absolute Gasteiger partial charge is 0.341 e. The van der Waals surface area contributed by atoms with E-state index in [1.54, 1.807) is 6.92 Å². The maximum Gasteiger partial charge on any atom is 0.341 e. The van der Waals surface area contributed by atoms with E-state index in [2.05, 4.69) is 10.6 Å². The maximum absolute atomic E-state index is 12.7. The minimum atomic E-state index is -0.355. The van der Waals surface area contributed by atoms with Gasteiger partial charge in [-0.05, 0) is 50.7 Å². The van der Waals surface area contributed by atoms with Crippen molar-refractivity contribution in [1.82, 2.24) is 0 Å². The summed E-state index contributed by atoms with van der Waals surface area (Å²) in [5, 5.41) is 7.45. The first-order valence-electron chi connectivity index (χ1n) is 9.00. The molecule has 0 aliphatic heterocycles. The number of nitrogens with one attached hydrogen (secondary N) is 2. The van der Waals surface area contributed by atoms with Gasteiger partial charge in [-0.25, -0.2) is 4.79 Å². The van der Waals surface area contributed by atoms with Crippen LogP contribution in [-0.2, 0) is 4.74 Å². The highest BCUT2D eigenvalue weighted by molar-refractivity contribution is 7.80. The van der Waals surface area contributed by atoms with Crippen molar-refractivity contribution < 1.29 is 9.53 Å². The third-order valence-corrected chi connectivity index (χ3v) is 5.39. The zero-order valence-corrected chi connectivity index (χ0v) is 17.7. The largest absolute Gasteiger partial charge is 0.462 e. The van der Waals surface area contributed by atoms with Crippen molar-refractivity contribution in [2.24, 2.45) is 0 Å². The minimum Gasteiger partial charge on any atom is -0.462 e. The number of hydrogen-bond acceptors (Lipinski definition) is 4. The van der Waals surface area contributed by atoms with Gasteiger partial charge < -0.3 is 15.4 Å². The lowest BCUT2D eigenvalue weighted by molar-refractivity contribution is 0.0529. The lowest BCUT2D eigenvalue weighted by atomic mass is 10.0. The lowest BCUT2D eigenvalue weighted by Gasteiger charge is -2.12. The Morgan fingerprint density at radius 1 is 1.04 bits per heavy atom. The SMILES string of the molecule is CCOC(=O)c1c(NC(=S)Nc2ccc(C)cc2)sc(C)c1-c1ccccc1. The summed E-state index contributed by atoms with van der Waals surface area (Å²) in [6.45, 7) is 6.15. The molecule has 0 spiro atoms. The van der Waals surface area contributed by atoms with Gasteiger partial charge in [0.2, 0.25) is 0 Å². The number of carbonyl (C=O) groups is 1. The summed E-state index contributed by atoms with van der Waals surface area (Å²) in [7, 11) is 0. The Hall–Kier alpha value is -2.70. The molecule has 3 rings (SSSR count). The zero-order chi connectivity index (χ0) is 20.1. The summed E-state index contributed by atoms with van der Waals surface area (Å²) in [5.74, 6) is -0.355. The first-order valence-corrected chi connectivity index (χ1v) is 10.2. The average Bonchev–Trinajstić information content (AvgIpc) is 3.00. The molecule has 1 heterocycles. The van der Waals surface area contributed by atoms with Gasteiger partial charge in [-0.3, -0.25) is 0 Å². The summed E-state index contributed by atoms with van der Waals surface area (Å²) in [4.78, 5) is 13.8. The molecule has 0 fully saturated rings. The van der Waals surface area contributed by atoms with Crippen LogP contribution in [0.15, 0.2) is 54.6 Å². The van der Waals surface area contributed by atoms with Crippen molar-refractivity contribution >= 4 is 45.3 Å². The van der Waals surface area contributed by atoms with E-state index in [1.807, 2.05) is 68.4 Å². The summed E-state index contributed by atoms with van der Waals surface area (Å²) >= 11 is 6.96. The van der Waals surface area contributed by atoms with Gasteiger partial charge in [0.15, 0.2) is 5.11 Å². The summed E-state index contributed by atoms with van der Waals surface area (Å²) in [6, 6.07) is 17.8. The molecule has 2 N–H and O–H groups in total. The highest BCUT2D eigenvalue weighted by atomic mass is 32.1. The second kappa shape index (κ2) is 8.99. The predicted molar refractivity (Wildman–Crippen MR) is 121 cm³/mol. The molecule has 2 aromatic carbocycles. The molecule has 6 heteroatoms. The first kappa shape index (κ1) is 20.0. The number of aryl methyl sites for hydroxylation is 2. The van der Waals surface area contributed by atoms with Crippen molar-refractivity contribution in [2.75, 3.05) is 17.2 Å². The molecule has 0 amide bonds. The highest BCUT2D eigenvalue weighted by Crippen LogP contribution is 2.40. The van der Waals surface area contributed by atoms with Crippen LogP contribution in [0.3, 0.4) is 0 Å². The molecular weight excluding hydrogens is 388 g/mol. The second-order valence-corrected chi connectivity index (χ2v) is 7.90. The molecule has 0 bridgehead atoms. The fourth-order valence-electron chi connectivity index (χ4n) is 2.89. The molecular formula is C22H22N2O2S2. The van der Waals surface area contributed by atoms with Crippen LogP contribution in [0.4, 0.5) is 10.7 Å². The lowest BCUT2D eigenvalue weighted by Crippen LogP contribution is -2.20. The molecule has 0 unspecified atom stereocenters. The van der Waals surface area contributed by atoms with Crippen LogP contribution < -0.4 is 10.6 Å². The van der Waals surface area contributed by atoms with Crippen molar-refractivity contribution in [3.8, 4) is 11.1 Å². The molecule has 4 nitrogen and oxygen atoms in total. The first-order chi connectivity index (χ1) is 13.5. The van der Waals surface area contributed by atoms with Gasteiger partial charge in [0.05, 0.1) is 6.61 Å². The van der Waals surface area contributed by atoms with E-state index in [0.717, 1.165) is 21.7 Å². The van der Waals surface area contributed by atoms with Crippen LogP contribution in [0.25, 0.3) is 11.1 Å². The topological polar surface area (TPSA) is 50.4 Å². The van der Waals surface area contributed by atoms with Gasteiger partial charge in [-0.1, -0.05) is 48.0 Å². The number of thiocarbonyl (C=S) groups is 1. The van der Waals surface area contributed by atoms with E-state index in [4.69, 9.17) is 17.0 Å². The van der Waals surface area contributed by atoms with Crippen LogP contribution in [0, 0.1) is 13.8 Å². The summed E-state index contributed by atoms with van der Waals surface area (Å²) in [6.07, 6.45) is 0. The molecule has 28 heavy (non-hydrogen) atoms. The van der Waals surface area contributed by atoms with Gasteiger partial charge in [-0.15, -0.1) is 11.3 Å². The van der Waals surface area contributed by atoms with Crippen LogP contribution in [0.5, 0.6) is 0 Å². The van der Waals surface area contributed by atoms with E-state index >= 15 is 0 Å². The predicted octanol–water partition coefficient (Wildman–Crippen LogP) is 6.02. The number of hydrogen-bond donors (Lipinski definition) is 2. The number of carbonyl (C=O) groups excluding carboxylic acids is 1. The molecule has 0 aliphatic carbocycles. The van der Waals surface area contributed by atoms with Gasteiger partial charge in [-0.2, -0.15) is 0 Å². The number of rotatable bonds is 5. The average molecular weight is 411 g/mol. The minimum absolute atomic E-state index is 0.313. The Kier molecular flexibility index (Phi) is 6.44. The molecule has 1 aromatic heterocycles. The number of thiophene rings is 1. The van der Waals surface area contributed by atoms with Crippen molar-refractivity contribution in [2.45, 2.75) is 20.8 Å². The summed E-state index contributed by atoms with van der Waals surface area (Å²) in [5.41, 5.74) is 4.44. The van der Waals surface area contributed by atoms with E-state index in [-0.39, 0.29) is 5.97 Å². The van der Waals surface area contributed by atoms with Crippen LogP contribution in [-0.4, -0.2) is 17.7 Å². The molecule has 0 atom stereocenters. The van der Waals surface area contributed by atoms with Crippen molar-refractivity contribution in [1.29, 1.82) is 0 Å². The van der Waals surface area contributed by atoms with Crippen LogP contribution in [0.2, 0.25) is 0 Å². The summed E-state index contributed by atoms with van der Waals surface area (Å²) < 4.78 is 5.32. The number of benzene rings is 2. The Morgan fingerprint density at radius 2 is 1.71 bits per heavy atom. The molecule has 3 aromatic rings. The van der Waals surface area contributed by atoms with Crippen LogP contribution >= 0.6 is 23.6 Å². The van der Waals surface area contributed by atoms with E-state index < -0.39 is 0 Å². The van der Waals surface area contributed by atoms with Crippen molar-refractivity contribution in [3.05, 3.63) is 70.6 Å².